The Balaban J connectivity index is 1.82. The van der Waals surface area contributed by atoms with Crippen molar-refractivity contribution < 1.29 is 4.74 Å². The van der Waals surface area contributed by atoms with Gasteiger partial charge in [0.1, 0.15) is 11.6 Å². The minimum atomic E-state index is 0.707. The Morgan fingerprint density at radius 2 is 1.68 bits per heavy atom. The van der Waals surface area contributed by atoms with E-state index in [1.54, 1.807) is 25.7 Å². The van der Waals surface area contributed by atoms with Gasteiger partial charge in [0.15, 0.2) is 0 Å². The van der Waals surface area contributed by atoms with E-state index < -0.39 is 0 Å². The maximum atomic E-state index is 5.34. The molecule has 5 heteroatoms. The number of aromatic nitrogens is 4. The highest BCUT2D eigenvalue weighted by molar-refractivity contribution is 5.80. The van der Waals surface area contributed by atoms with Gasteiger partial charge in [-0.15, -0.1) is 0 Å². The highest BCUT2D eigenvalue weighted by Gasteiger charge is 2.13. The first kappa shape index (κ1) is 15.1. The van der Waals surface area contributed by atoms with E-state index in [1.165, 1.54) is 0 Å². The normalized spacial score (nSPS) is 10.6. The van der Waals surface area contributed by atoms with Crippen molar-refractivity contribution in [3.8, 4) is 39.7 Å². The van der Waals surface area contributed by atoms with E-state index in [2.05, 4.69) is 19.9 Å². The van der Waals surface area contributed by atoms with Crippen LogP contribution in [0.4, 0.5) is 0 Å². The number of imidazole rings is 1. The van der Waals surface area contributed by atoms with Gasteiger partial charge in [-0.1, -0.05) is 30.3 Å². The van der Waals surface area contributed by atoms with Crippen LogP contribution in [0, 0.1) is 0 Å². The van der Waals surface area contributed by atoms with E-state index in [9.17, 15) is 0 Å². The third kappa shape index (κ3) is 2.99. The van der Waals surface area contributed by atoms with Crippen molar-refractivity contribution in [2.24, 2.45) is 0 Å². The van der Waals surface area contributed by atoms with Gasteiger partial charge in [0.25, 0.3) is 0 Å². The number of benzene rings is 1. The number of pyridine rings is 2. The number of nitrogens with zero attached hydrogens (tertiary/aromatic N) is 3. The standard InChI is InChI=1S/C20H16N4O/c1-25-16-11-17(14-7-9-21-10-8-14)19(22-12-16)18-13-23-20(24-18)15-5-3-2-4-6-15/h2-13H,1H3,(H,23,24). The van der Waals surface area contributed by atoms with Crippen LogP contribution in [0.25, 0.3) is 33.9 Å². The van der Waals surface area contributed by atoms with Crippen LogP contribution in [0.3, 0.4) is 0 Å². The quantitative estimate of drug-likeness (QED) is 0.609. The number of aromatic amines is 1. The molecule has 1 aromatic carbocycles. The molecule has 4 aromatic rings. The summed E-state index contributed by atoms with van der Waals surface area (Å²) in [7, 11) is 1.64. The van der Waals surface area contributed by atoms with E-state index in [0.717, 1.165) is 33.9 Å². The van der Waals surface area contributed by atoms with Gasteiger partial charge >= 0.3 is 0 Å². The zero-order valence-corrected chi connectivity index (χ0v) is 13.7. The van der Waals surface area contributed by atoms with Crippen molar-refractivity contribution in [2.75, 3.05) is 7.11 Å². The fraction of sp³-hybridized carbons (Fsp3) is 0.0500. The third-order valence-corrected chi connectivity index (χ3v) is 3.97. The average molecular weight is 328 g/mol. The summed E-state index contributed by atoms with van der Waals surface area (Å²) in [5, 5.41) is 0. The number of nitrogens with one attached hydrogen (secondary N) is 1. The fourth-order valence-electron chi connectivity index (χ4n) is 2.71. The minimum Gasteiger partial charge on any atom is -0.495 e. The molecule has 0 aliphatic carbocycles. The van der Waals surface area contributed by atoms with E-state index in [4.69, 9.17) is 4.74 Å². The number of rotatable bonds is 4. The Hall–Kier alpha value is -3.47. The van der Waals surface area contributed by atoms with E-state index in [0.29, 0.717) is 5.75 Å². The fourth-order valence-corrected chi connectivity index (χ4v) is 2.71. The van der Waals surface area contributed by atoms with Gasteiger partial charge in [-0.2, -0.15) is 0 Å². The van der Waals surface area contributed by atoms with Crippen molar-refractivity contribution in [1.82, 2.24) is 19.9 Å². The van der Waals surface area contributed by atoms with Crippen LogP contribution in [0.1, 0.15) is 0 Å². The summed E-state index contributed by atoms with van der Waals surface area (Å²) in [6.07, 6.45) is 7.05. The molecule has 0 fully saturated rings. The first-order valence-corrected chi connectivity index (χ1v) is 7.90. The topological polar surface area (TPSA) is 63.7 Å². The molecular weight excluding hydrogens is 312 g/mol. The first-order chi connectivity index (χ1) is 12.3. The van der Waals surface area contributed by atoms with E-state index >= 15 is 0 Å². The molecule has 0 bridgehead atoms. The molecule has 122 valence electrons. The second kappa shape index (κ2) is 6.57. The molecule has 0 radical (unpaired) electrons. The van der Waals surface area contributed by atoms with Crippen molar-refractivity contribution in [2.45, 2.75) is 0 Å². The number of H-pyrrole nitrogens is 1. The molecule has 0 aliphatic heterocycles. The van der Waals surface area contributed by atoms with E-state index in [-0.39, 0.29) is 0 Å². The molecule has 0 atom stereocenters. The molecule has 0 aliphatic rings. The van der Waals surface area contributed by atoms with Crippen LogP contribution < -0.4 is 4.74 Å². The van der Waals surface area contributed by atoms with Crippen molar-refractivity contribution >= 4 is 0 Å². The summed E-state index contributed by atoms with van der Waals surface area (Å²) in [5.41, 5.74) is 4.69. The molecule has 3 aromatic heterocycles. The summed E-state index contributed by atoms with van der Waals surface area (Å²) < 4.78 is 5.34. The lowest BCUT2D eigenvalue weighted by Crippen LogP contribution is -1.93. The van der Waals surface area contributed by atoms with Gasteiger partial charge in [-0.25, -0.2) is 4.98 Å². The monoisotopic (exact) mass is 328 g/mol. The molecule has 1 N–H and O–H groups in total. The maximum Gasteiger partial charge on any atom is 0.137 e. The lowest BCUT2D eigenvalue weighted by Gasteiger charge is -2.09. The third-order valence-electron chi connectivity index (χ3n) is 3.97. The Morgan fingerprint density at radius 1 is 0.880 bits per heavy atom. The number of ether oxygens (including phenoxy) is 1. The SMILES string of the molecule is COc1cnc(-c2cnc(-c3ccccc3)[nH]2)c(-c2ccncc2)c1. The van der Waals surface area contributed by atoms with Gasteiger partial charge in [-0.3, -0.25) is 9.97 Å². The highest BCUT2D eigenvalue weighted by atomic mass is 16.5. The summed E-state index contributed by atoms with van der Waals surface area (Å²) in [4.78, 5) is 16.5. The number of hydrogen-bond acceptors (Lipinski definition) is 4. The molecule has 5 nitrogen and oxygen atoms in total. The first-order valence-electron chi connectivity index (χ1n) is 7.90. The summed E-state index contributed by atoms with van der Waals surface area (Å²) in [5.74, 6) is 1.52. The lowest BCUT2D eigenvalue weighted by molar-refractivity contribution is 0.413. The number of methoxy groups -OCH3 is 1. The smallest absolute Gasteiger partial charge is 0.137 e. The molecule has 25 heavy (non-hydrogen) atoms. The van der Waals surface area contributed by atoms with Crippen molar-refractivity contribution in [3.63, 3.8) is 0 Å². The largest absolute Gasteiger partial charge is 0.495 e. The summed E-state index contributed by atoms with van der Waals surface area (Å²) >= 11 is 0. The van der Waals surface area contributed by atoms with E-state index in [1.807, 2.05) is 54.7 Å². The molecule has 4 rings (SSSR count). The lowest BCUT2D eigenvalue weighted by atomic mass is 10.0. The summed E-state index contributed by atoms with van der Waals surface area (Å²) in [6, 6.07) is 15.9. The zero-order valence-electron chi connectivity index (χ0n) is 13.7. The Bertz CT molecular complexity index is 981. The van der Waals surface area contributed by atoms with Crippen LogP contribution in [-0.2, 0) is 0 Å². The predicted octanol–water partition coefficient (Wildman–Crippen LogP) is 4.21. The van der Waals surface area contributed by atoms with Gasteiger partial charge in [0.05, 0.1) is 30.9 Å². The van der Waals surface area contributed by atoms with Gasteiger partial charge in [0, 0.05) is 23.5 Å². The molecule has 0 unspecified atom stereocenters. The Morgan fingerprint density at radius 3 is 2.44 bits per heavy atom. The van der Waals surface area contributed by atoms with Crippen LogP contribution in [-0.4, -0.2) is 27.0 Å². The summed E-state index contributed by atoms with van der Waals surface area (Å²) in [6.45, 7) is 0. The van der Waals surface area contributed by atoms with Crippen molar-refractivity contribution in [3.05, 3.63) is 73.3 Å². The molecule has 0 amide bonds. The Labute approximate surface area is 145 Å². The zero-order chi connectivity index (χ0) is 17.1. The average Bonchev–Trinajstić information content (AvgIpc) is 3.19. The highest BCUT2D eigenvalue weighted by Crippen LogP contribution is 2.32. The maximum absolute atomic E-state index is 5.34. The minimum absolute atomic E-state index is 0.707. The van der Waals surface area contributed by atoms with Crippen LogP contribution >= 0.6 is 0 Å². The molecule has 0 saturated heterocycles. The molecule has 0 saturated carbocycles. The second-order valence-corrected chi connectivity index (χ2v) is 5.52. The molecule has 3 heterocycles. The van der Waals surface area contributed by atoms with Crippen LogP contribution in [0.2, 0.25) is 0 Å². The second-order valence-electron chi connectivity index (χ2n) is 5.52. The van der Waals surface area contributed by atoms with Gasteiger partial charge in [0.2, 0.25) is 0 Å². The predicted molar refractivity (Wildman–Crippen MR) is 97.0 cm³/mol. The molecular formula is C20H16N4O. The van der Waals surface area contributed by atoms with Crippen molar-refractivity contribution in [1.29, 1.82) is 0 Å². The van der Waals surface area contributed by atoms with Gasteiger partial charge in [-0.05, 0) is 23.8 Å². The number of hydrogen-bond donors (Lipinski definition) is 1. The molecule has 0 spiro atoms. The van der Waals surface area contributed by atoms with Crippen LogP contribution in [0.15, 0.2) is 73.3 Å². The van der Waals surface area contributed by atoms with Crippen LogP contribution in [0.5, 0.6) is 5.75 Å². The Kier molecular flexibility index (Phi) is 3.96. The van der Waals surface area contributed by atoms with Gasteiger partial charge < -0.3 is 9.72 Å².